The molecular weight excluding hydrogens is 232 g/mol. The molecule has 0 N–H and O–H groups in total. The lowest BCUT2D eigenvalue weighted by Gasteiger charge is -2.13. The molecule has 0 heterocycles. The molecule has 2 aromatic carbocycles. The van der Waals surface area contributed by atoms with Crippen LogP contribution in [0.15, 0.2) is 42.5 Å². The molecule has 0 aliphatic rings. The van der Waals surface area contributed by atoms with Gasteiger partial charge in [-0.1, -0.05) is 42.5 Å². The summed E-state index contributed by atoms with van der Waals surface area (Å²) in [6, 6.07) is 18.8. The van der Waals surface area contributed by atoms with E-state index in [0.29, 0.717) is 0 Å². The SMILES string of the molecule is CC(C#N)CCC(C#N)c1cccc2ccccc12. The molecule has 0 bridgehead atoms. The van der Waals surface area contributed by atoms with Gasteiger partial charge in [-0.25, -0.2) is 0 Å². The first-order valence-corrected chi connectivity index (χ1v) is 6.53. The highest BCUT2D eigenvalue weighted by Crippen LogP contribution is 2.29. The van der Waals surface area contributed by atoms with Crippen LogP contribution in [0.2, 0.25) is 0 Å². The Kier molecular flexibility index (Phi) is 4.16. The summed E-state index contributed by atoms with van der Waals surface area (Å²) in [5.74, 6) is -0.132. The summed E-state index contributed by atoms with van der Waals surface area (Å²) >= 11 is 0. The molecular formula is C17H16N2. The van der Waals surface area contributed by atoms with Crippen LogP contribution in [0.4, 0.5) is 0 Å². The third kappa shape index (κ3) is 2.92. The van der Waals surface area contributed by atoms with Gasteiger partial charge in [0.15, 0.2) is 0 Å². The van der Waals surface area contributed by atoms with Gasteiger partial charge in [0.2, 0.25) is 0 Å². The maximum absolute atomic E-state index is 9.39. The second kappa shape index (κ2) is 6.03. The second-order valence-corrected chi connectivity index (χ2v) is 4.86. The van der Waals surface area contributed by atoms with Gasteiger partial charge in [-0.2, -0.15) is 10.5 Å². The Labute approximate surface area is 113 Å². The first-order valence-electron chi connectivity index (χ1n) is 6.53. The van der Waals surface area contributed by atoms with E-state index < -0.39 is 0 Å². The van der Waals surface area contributed by atoms with Gasteiger partial charge in [0.05, 0.1) is 18.1 Å². The van der Waals surface area contributed by atoms with Gasteiger partial charge >= 0.3 is 0 Å². The van der Waals surface area contributed by atoms with Crippen molar-refractivity contribution in [3.05, 3.63) is 48.0 Å². The first kappa shape index (κ1) is 13.1. The van der Waals surface area contributed by atoms with Crippen LogP contribution in [0, 0.1) is 28.6 Å². The minimum atomic E-state index is -0.137. The Hall–Kier alpha value is -2.32. The van der Waals surface area contributed by atoms with Gasteiger partial charge < -0.3 is 0 Å². The molecule has 0 radical (unpaired) electrons. The van der Waals surface area contributed by atoms with Crippen LogP contribution in [0.1, 0.15) is 31.2 Å². The predicted molar refractivity (Wildman–Crippen MR) is 76.3 cm³/mol. The minimum absolute atomic E-state index is 0.00539. The molecule has 2 unspecified atom stereocenters. The summed E-state index contributed by atoms with van der Waals surface area (Å²) < 4.78 is 0. The van der Waals surface area contributed by atoms with Crippen LogP contribution >= 0.6 is 0 Å². The molecule has 0 amide bonds. The highest BCUT2D eigenvalue weighted by molar-refractivity contribution is 5.86. The van der Waals surface area contributed by atoms with E-state index in [1.165, 1.54) is 0 Å². The van der Waals surface area contributed by atoms with Crippen LogP contribution in [0.5, 0.6) is 0 Å². The lowest BCUT2D eigenvalue weighted by Crippen LogP contribution is -2.00. The Balaban J connectivity index is 2.32. The average Bonchev–Trinajstić information content (AvgIpc) is 2.47. The van der Waals surface area contributed by atoms with Crippen molar-refractivity contribution in [2.45, 2.75) is 25.7 Å². The van der Waals surface area contributed by atoms with Gasteiger partial charge in [0.1, 0.15) is 0 Å². The highest BCUT2D eigenvalue weighted by atomic mass is 14.3. The van der Waals surface area contributed by atoms with Crippen molar-refractivity contribution in [3.63, 3.8) is 0 Å². The lowest BCUT2D eigenvalue weighted by molar-refractivity contribution is 0.591. The Morgan fingerprint density at radius 1 is 0.947 bits per heavy atom. The fourth-order valence-corrected chi connectivity index (χ4v) is 2.33. The number of fused-ring (bicyclic) bond motifs is 1. The largest absolute Gasteiger partial charge is 0.198 e. The summed E-state index contributed by atoms with van der Waals surface area (Å²) in [5, 5.41) is 20.5. The molecule has 2 aromatic rings. The third-order valence-corrected chi connectivity index (χ3v) is 3.46. The predicted octanol–water partition coefficient (Wildman–Crippen LogP) is 4.39. The van der Waals surface area contributed by atoms with Crippen molar-refractivity contribution in [1.82, 2.24) is 0 Å². The van der Waals surface area contributed by atoms with Crippen LogP contribution in [-0.4, -0.2) is 0 Å². The molecule has 0 spiro atoms. The van der Waals surface area contributed by atoms with E-state index in [2.05, 4.69) is 30.3 Å². The van der Waals surface area contributed by atoms with Gasteiger partial charge in [-0.05, 0) is 36.1 Å². The zero-order valence-electron chi connectivity index (χ0n) is 11.0. The number of hydrogen-bond donors (Lipinski definition) is 0. The number of nitriles is 2. The highest BCUT2D eigenvalue weighted by Gasteiger charge is 2.14. The normalized spacial score (nSPS) is 13.4. The molecule has 94 valence electrons. The van der Waals surface area contributed by atoms with Crippen LogP contribution in [0.3, 0.4) is 0 Å². The molecule has 2 heteroatoms. The van der Waals surface area contributed by atoms with Crippen molar-refractivity contribution in [2.24, 2.45) is 5.92 Å². The van der Waals surface area contributed by atoms with E-state index in [9.17, 15) is 5.26 Å². The van der Waals surface area contributed by atoms with Gasteiger partial charge in [0.25, 0.3) is 0 Å². The van der Waals surface area contributed by atoms with Crippen molar-refractivity contribution >= 4 is 10.8 Å². The minimum Gasteiger partial charge on any atom is -0.198 e. The van der Waals surface area contributed by atoms with Gasteiger partial charge in [-0.15, -0.1) is 0 Å². The quantitative estimate of drug-likeness (QED) is 0.805. The Morgan fingerprint density at radius 3 is 2.42 bits per heavy atom. The summed E-state index contributed by atoms with van der Waals surface area (Å²) in [6.45, 7) is 1.90. The second-order valence-electron chi connectivity index (χ2n) is 4.86. The molecule has 0 saturated heterocycles. The molecule has 0 aliphatic carbocycles. The molecule has 0 saturated carbocycles. The van der Waals surface area contributed by atoms with E-state index in [1.54, 1.807) is 0 Å². The maximum atomic E-state index is 9.39. The average molecular weight is 248 g/mol. The molecule has 19 heavy (non-hydrogen) atoms. The molecule has 0 aliphatic heterocycles. The molecule has 2 atom stereocenters. The monoisotopic (exact) mass is 248 g/mol. The Morgan fingerprint density at radius 2 is 1.68 bits per heavy atom. The van der Waals surface area contributed by atoms with Crippen LogP contribution in [0.25, 0.3) is 10.8 Å². The van der Waals surface area contributed by atoms with Crippen LogP contribution in [-0.2, 0) is 0 Å². The van der Waals surface area contributed by atoms with E-state index >= 15 is 0 Å². The molecule has 2 rings (SSSR count). The molecule has 2 nitrogen and oxygen atoms in total. The van der Waals surface area contributed by atoms with E-state index in [4.69, 9.17) is 5.26 Å². The number of nitrogens with zero attached hydrogens (tertiary/aromatic N) is 2. The van der Waals surface area contributed by atoms with Gasteiger partial charge in [0, 0.05) is 5.92 Å². The molecule has 0 fully saturated rings. The molecule has 0 aromatic heterocycles. The van der Waals surface area contributed by atoms with Gasteiger partial charge in [-0.3, -0.25) is 0 Å². The zero-order chi connectivity index (χ0) is 13.7. The first-order chi connectivity index (χ1) is 9.26. The summed E-state index contributed by atoms with van der Waals surface area (Å²) in [4.78, 5) is 0. The summed E-state index contributed by atoms with van der Waals surface area (Å²) in [6.07, 6.45) is 1.50. The van der Waals surface area contributed by atoms with Crippen molar-refractivity contribution in [3.8, 4) is 12.1 Å². The van der Waals surface area contributed by atoms with E-state index in [0.717, 1.165) is 29.2 Å². The van der Waals surface area contributed by atoms with Crippen molar-refractivity contribution < 1.29 is 0 Å². The van der Waals surface area contributed by atoms with E-state index in [-0.39, 0.29) is 11.8 Å². The van der Waals surface area contributed by atoms with Crippen LogP contribution < -0.4 is 0 Å². The number of hydrogen-bond acceptors (Lipinski definition) is 2. The standard InChI is InChI=1S/C17H16N2/c1-13(11-18)9-10-15(12-19)17-8-4-6-14-5-2-3-7-16(14)17/h2-8,13,15H,9-10H2,1H3. The fraction of sp³-hybridized carbons (Fsp3) is 0.294. The van der Waals surface area contributed by atoms with Crippen molar-refractivity contribution in [1.29, 1.82) is 10.5 Å². The third-order valence-electron chi connectivity index (χ3n) is 3.46. The Bertz CT molecular complexity index is 641. The zero-order valence-corrected chi connectivity index (χ0v) is 11.0. The number of benzene rings is 2. The van der Waals surface area contributed by atoms with E-state index in [1.807, 2.05) is 31.2 Å². The summed E-state index contributed by atoms with van der Waals surface area (Å²) in [7, 11) is 0. The fourth-order valence-electron chi connectivity index (χ4n) is 2.33. The number of rotatable bonds is 4. The maximum Gasteiger partial charge on any atom is 0.0719 e. The topological polar surface area (TPSA) is 47.6 Å². The lowest BCUT2D eigenvalue weighted by atomic mass is 9.89. The smallest absolute Gasteiger partial charge is 0.0719 e. The van der Waals surface area contributed by atoms with Crippen molar-refractivity contribution in [2.75, 3.05) is 0 Å². The summed E-state index contributed by atoms with van der Waals surface area (Å²) in [5.41, 5.74) is 1.07.